The van der Waals surface area contributed by atoms with Crippen molar-refractivity contribution in [1.29, 1.82) is 0 Å². The van der Waals surface area contributed by atoms with Gasteiger partial charge in [-0.1, -0.05) is 16.5 Å². The number of oxime groups is 1. The maximum absolute atomic E-state index is 11.4. The van der Waals surface area contributed by atoms with Crippen LogP contribution in [0.4, 0.5) is 5.13 Å². The number of hydrogen-bond donors (Lipinski definition) is 1. The lowest BCUT2D eigenvalue weighted by Crippen LogP contribution is -1.96. The van der Waals surface area contributed by atoms with Crippen molar-refractivity contribution in [2.75, 3.05) is 19.5 Å². The molecule has 0 atom stereocenters. The van der Waals surface area contributed by atoms with E-state index in [0.29, 0.717) is 4.88 Å². The Balaban J connectivity index is 2.56. The van der Waals surface area contributed by atoms with Gasteiger partial charge in [-0.05, 0) is 0 Å². The highest BCUT2D eigenvalue weighted by atomic mass is 32.1. The first-order valence-corrected chi connectivity index (χ1v) is 4.81. The van der Waals surface area contributed by atoms with Crippen LogP contribution in [0.15, 0.2) is 11.4 Å². The molecule has 0 amide bonds. The number of carbonyl (C=O) groups is 1. The largest absolute Gasteiger partial charge is 0.399 e. The summed E-state index contributed by atoms with van der Waals surface area (Å²) in [7, 11) is 3.20. The Bertz CT molecular complexity index is 335. The number of nitrogens with zero attached hydrogens (tertiary/aromatic N) is 2. The van der Waals surface area contributed by atoms with E-state index in [9.17, 15) is 4.79 Å². The van der Waals surface area contributed by atoms with Gasteiger partial charge in [0.05, 0.1) is 23.7 Å². The van der Waals surface area contributed by atoms with E-state index in [-0.39, 0.29) is 12.2 Å². The van der Waals surface area contributed by atoms with Crippen LogP contribution in [-0.2, 0) is 4.84 Å². The third kappa shape index (κ3) is 2.81. The molecule has 0 radical (unpaired) electrons. The predicted molar refractivity (Wildman–Crippen MR) is 56.1 cm³/mol. The number of anilines is 1. The molecule has 1 aromatic heterocycles. The standard InChI is InChI=1S/C8H11N3O2S/c1-9-8-10-5-7(14-8)6(12)3-4-11-13-2/h4-5H,3H2,1-2H3,(H,9,10). The Kier molecular flexibility index (Phi) is 4.06. The Hall–Kier alpha value is -1.43. The fourth-order valence-electron chi connectivity index (χ4n) is 0.814. The molecule has 1 heterocycles. The Morgan fingerprint density at radius 3 is 3.21 bits per heavy atom. The van der Waals surface area contributed by atoms with Gasteiger partial charge in [0.2, 0.25) is 0 Å². The molecule has 0 bridgehead atoms. The summed E-state index contributed by atoms with van der Waals surface area (Å²) in [5.41, 5.74) is 0. The summed E-state index contributed by atoms with van der Waals surface area (Å²) in [6, 6.07) is 0. The number of carbonyl (C=O) groups excluding carboxylic acids is 1. The molecule has 5 nitrogen and oxygen atoms in total. The number of nitrogens with one attached hydrogen (secondary N) is 1. The van der Waals surface area contributed by atoms with Crippen LogP contribution in [0, 0.1) is 0 Å². The predicted octanol–water partition coefficient (Wildman–Crippen LogP) is 1.39. The molecule has 1 N–H and O–H groups in total. The molecule has 6 heteroatoms. The highest BCUT2D eigenvalue weighted by Gasteiger charge is 2.08. The van der Waals surface area contributed by atoms with Gasteiger partial charge in [0.25, 0.3) is 0 Å². The second-order valence-electron chi connectivity index (χ2n) is 2.38. The minimum Gasteiger partial charge on any atom is -0.399 e. The molecule has 0 saturated carbocycles. The van der Waals surface area contributed by atoms with Gasteiger partial charge < -0.3 is 10.2 Å². The topological polar surface area (TPSA) is 63.6 Å². The van der Waals surface area contributed by atoms with Crippen molar-refractivity contribution in [1.82, 2.24) is 4.98 Å². The molecule has 0 aliphatic rings. The summed E-state index contributed by atoms with van der Waals surface area (Å²) in [5, 5.41) is 7.09. The molecule has 0 spiro atoms. The molecule has 1 aromatic rings. The van der Waals surface area contributed by atoms with E-state index in [4.69, 9.17) is 0 Å². The normalized spacial score (nSPS) is 10.4. The Morgan fingerprint density at radius 2 is 2.64 bits per heavy atom. The summed E-state index contributed by atoms with van der Waals surface area (Å²) in [6.07, 6.45) is 3.22. The van der Waals surface area contributed by atoms with Crippen molar-refractivity contribution in [3.63, 3.8) is 0 Å². The van der Waals surface area contributed by atoms with E-state index in [0.717, 1.165) is 5.13 Å². The van der Waals surface area contributed by atoms with Gasteiger partial charge in [0.1, 0.15) is 7.11 Å². The number of rotatable bonds is 5. The smallest absolute Gasteiger partial charge is 0.183 e. The molecule has 0 saturated heterocycles. The summed E-state index contributed by atoms with van der Waals surface area (Å²) in [6.45, 7) is 0. The number of Topliss-reactive ketones (excluding diaryl/α,β-unsaturated/α-hetero) is 1. The van der Waals surface area contributed by atoms with Crippen LogP contribution < -0.4 is 5.32 Å². The van der Waals surface area contributed by atoms with Crippen molar-refractivity contribution in [3.05, 3.63) is 11.1 Å². The molecular weight excluding hydrogens is 202 g/mol. The van der Waals surface area contributed by atoms with Crippen molar-refractivity contribution in [2.24, 2.45) is 5.16 Å². The second-order valence-corrected chi connectivity index (χ2v) is 3.41. The van der Waals surface area contributed by atoms with Crippen LogP contribution >= 0.6 is 11.3 Å². The van der Waals surface area contributed by atoms with E-state index in [1.54, 1.807) is 13.2 Å². The number of aromatic nitrogens is 1. The number of thiazole rings is 1. The molecule has 0 aliphatic heterocycles. The Morgan fingerprint density at radius 1 is 1.86 bits per heavy atom. The zero-order valence-corrected chi connectivity index (χ0v) is 8.80. The van der Waals surface area contributed by atoms with Crippen LogP contribution in [0.25, 0.3) is 0 Å². The van der Waals surface area contributed by atoms with Crippen molar-refractivity contribution < 1.29 is 9.63 Å². The van der Waals surface area contributed by atoms with Gasteiger partial charge >= 0.3 is 0 Å². The SMILES string of the molecule is CNc1ncc(C(=O)CC=NOC)s1. The van der Waals surface area contributed by atoms with Crippen LogP contribution in [0.3, 0.4) is 0 Å². The van der Waals surface area contributed by atoms with Crippen LogP contribution in [0.1, 0.15) is 16.1 Å². The van der Waals surface area contributed by atoms with Gasteiger partial charge in [0, 0.05) is 7.05 Å². The van der Waals surface area contributed by atoms with Crippen molar-refractivity contribution in [2.45, 2.75) is 6.42 Å². The number of hydrogen-bond acceptors (Lipinski definition) is 6. The zero-order chi connectivity index (χ0) is 10.4. The molecule has 0 unspecified atom stereocenters. The van der Waals surface area contributed by atoms with Gasteiger partial charge in [-0.2, -0.15) is 0 Å². The number of ketones is 1. The average molecular weight is 213 g/mol. The molecule has 1 rings (SSSR count). The third-order valence-corrected chi connectivity index (χ3v) is 2.51. The lowest BCUT2D eigenvalue weighted by molar-refractivity contribution is 0.100. The van der Waals surface area contributed by atoms with Gasteiger partial charge in [-0.15, -0.1) is 0 Å². The molecule has 0 aliphatic carbocycles. The van der Waals surface area contributed by atoms with E-state index in [2.05, 4.69) is 20.3 Å². The van der Waals surface area contributed by atoms with E-state index < -0.39 is 0 Å². The lowest BCUT2D eigenvalue weighted by atomic mass is 10.3. The molecule has 0 aromatic carbocycles. The first-order valence-electron chi connectivity index (χ1n) is 3.99. The van der Waals surface area contributed by atoms with Crippen LogP contribution in [-0.4, -0.2) is 31.1 Å². The molecule has 0 fully saturated rings. The highest BCUT2D eigenvalue weighted by molar-refractivity contribution is 7.17. The van der Waals surface area contributed by atoms with E-state index in [1.807, 2.05) is 0 Å². The fraction of sp³-hybridized carbons (Fsp3) is 0.375. The summed E-state index contributed by atoms with van der Waals surface area (Å²) >= 11 is 1.32. The molecule has 14 heavy (non-hydrogen) atoms. The van der Waals surface area contributed by atoms with Crippen LogP contribution in [0.2, 0.25) is 0 Å². The van der Waals surface area contributed by atoms with E-state index >= 15 is 0 Å². The second kappa shape index (κ2) is 5.33. The first kappa shape index (κ1) is 10.6. The lowest BCUT2D eigenvalue weighted by Gasteiger charge is -1.90. The summed E-state index contributed by atoms with van der Waals surface area (Å²) < 4.78 is 0. The van der Waals surface area contributed by atoms with Crippen molar-refractivity contribution >= 4 is 28.5 Å². The van der Waals surface area contributed by atoms with Gasteiger partial charge in [-0.25, -0.2) is 4.98 Å². The monoisotopic (exact) mass is 213 g/mol. The fourth-order valence-corrected chi connectivity index (χ4v) is 1.53. The average Bonchev–Trinajstić information content (AvgIpc) is 2.66. The maximum Gasteiger partial charge on any atom is 0.183 e. The first-order chi connectivity index (χ1) is 6.77. The van der Waals surface area contributed by atoms with Crippen LogP contribution in [0.5, 0.6) is 0 Å². The summed E-state index contributed by atoms with van der Waals surface area (Å²) in [4.78, 5) is 20.5. The minimum atomic E-state index is -0.00944. The molecular formula is C8H11N3O2S. The quantitative estimate of drug-likeness (QED) is 0.456. The minimum absolute atomic E-state index is 0.00944. The maximum atomic E-state index is 11.4. The highest BCUT2D eigenvalue weighted by Crippen LogP contribution is 2.18. The van der Waals surface area contributed by atoms with E-state index in [1.165, 1.54) is 24.7 Å². The van der Waals surface area contributed by atoms with Crippen molar-refractivity contribution in [3.8, 4) is 0 Å². The van der Waals surface area contributed by atoms with Gasteiger partial charge in [-0.3, -0.25) is 4.79 Å². The molecule has 76 valence electrons. The van der Waals surface area contributed by atoms with Gasteiger partial charge in [0.15, 0.2) is 10.9 Å². The summed E-state index contributed by atoms with van der Waals surface area (Å²) in [5.74, 6) is -0.00944. The Labute approximate surface area is 85.8 Å². The third-order valence-electron chi connectivity index (χ3n) is 1.45. The zero-order valence-electron chi connectivity index (χ0n) is 7.98.